The molecular formula is C12H11N3O2. The summed E-state index contributed by atoms with van der Waals surface area (Å²) in [7, 11) is 1.49. The summed E-state index contributed by atoms with van der Waals surface area (Å²) in [6.07, 6.45) is 4.52. The number of nitrogens with zero attached hydrogens (tertiary/aromatic N) is 3. The van der Waals surface area contributed by atoms with Gasteiger partial charge in [-0.1, -0.05) is 0 Å². The Kier molecular flexibility index (Phi) is 3.09. The number of carbonyl (C=O) groups is 1. The van der Waals surface area contributed by atoms with Gasteiger partial charge in [0.15, 0.2) is 5.69 Å². The van der Waals surface area contributed by atoms with Crippen molar-refractivity contribution in [3.05, 3.63) is 47.8 Å². The third-order valence-corrected chi connectivity index (χ3v) is 2.22. The first-order valence-electron chi connectivity index (χ1n) is 5.04. The fraction of sp³-hybridized carbons (Fsp3) is 0.167. The van der Waals surface area contributed by atoms with Crippen molar-refractivity contribution in [2.45, 2.75) is 6.92 Å². The number of hydrogen-bond donors (Lipinski definition) is 0. The van der Waals surface area contributed by atoms with Gasteiger partial charge in [-0.25, -0.2) is 9.97 Å². The van der Waals surface area contributed by atoms with Crippen LogP contribution in [-0.2, 0) is 0 Å². The second-order valence-electron chi connectivity index (χ2n) is 3.43. The largest absolute Gasteiger partial charge is 0.494 e. The Balaban J connectivity index is 2.40. The molecule has 0 saturated heterocycles. The van der Waals surface area contributed by atoms with Crippen LogP contribution in [0.25, 0.3) is 0 Å². The summed E-state index contributed by atoms with van der Waals surface area (Å²) in [5.74, 6) is 0.134. The van der Waals surface area contributed by atoms with E-state index in [0.29, 0.717) is 5.75 Å². The highest BCUT2D eigenvalue weighted by Gasteiger charge is 2.16. The molecule has 2 heterocycles. The lowest BCUT2D eigenvalue weighted by molar-refractivity contribution is 0.102. The minimum Gasteiger partial charge on any atom is -0.494 e. The molecule has 5 nitrogen and oxygen atoms in total. The maximum Gasteiger partial charge on any atom is 0.235 e. The molecule has 0 spiro atoms. The molecule has 2 aromatic rings. The van der Waals surface area contributed by atoms with Crippen LogP contribution < -0.4 is 4.74 Å². The third-order valence-electron chi connectivity index (χ3n) is 2.22. The van der Waals surface area contributed by atoms with Crippen molar-refractivity contribution in [1.29, 1.82) is 0 Å². The lowest BCUT2D eigenvalue weighted by Crippen LogP contribution is -2.09. The average Bonchev–Trinajstić information content (AvgIpc) is 2.39. The maximum atomic E-state index is 12.1. The topological polar surface area (TPSA) is 65.0 Å². The minimum atomic E-state index is -0.296. The molecule has 2 rings (SSSR count). The molecule has 0 aliphatic heterocycles. The molecule has 0 fully saturated rings. The van der Waals surface area contributed by atoms with Crippen LogP contribution in [0.4, 0.5) is 0 Å². The molecule has 0 aromatic carbocycles. The van der Waals surface area contributed by atoms with Crippen molar-refractivity contribution in [2.75, 3.05) is 7.11 Å². The van der Waals surface area contributed by atoms with Gasteiger partial charge < -0.3 is 4.74 Å². The number of methoxy groups -OCH3 is 1. The molecule has 0 atom stereocenters. The first-order chi connectivity index (χ1) is 8.22. The van der Waals surface area contributed by atoms with Crippen LogP contribution in [0.1, 0.15) is 21.9 Å². The van der Waals surface area contributed by atoms with Gasteiger partial charge in [-0.2, -0.15) is 0 Å². The lowest BCUT2D eigenvalue weighted by atomic mass is 10.2. The van der Waals surface area contributed by atoms with Gasteiger partial charge in [0.05, 0.1) is 19.0 Å². The Morgan fingerprint density at radius 2 is 2.06 bits per heavy atom. The second-order valence-corrected chi connectivity index (χ2v) is 3.43. The smallest absolute Gasteiger partial charge is 0.235 e. The van der Waals surface area contributed by atoms with E-state index in [2.05, 4.69) is 15.0 Å². The Bertz CT molecular complexity index is 538. The first kappa shape index (κ1) is 11.2. The van der Waals surface area contributed by atoms with Gasteiger partial charge in [0, 0.05) is 12.4 Å². The highest BCUT2D eigenvalue weighted by Crippen LogP contribution is 2.17. The van der Waals surface area contributed by atoms with Gasteiger partial charge >= 0.3 is 0 Å². The Hall–Kier alpha value is -2.30. The zero-order valence-corrected chi connectivity index (χ0v) is 9.54. The van der Waals surface area contributed by atoms with Crippen LogP contribution in [0.15, 0.2) is 30.7 Å². The second kappa shape index (κ2) is 4.69. The van der Waals surface area contributed by atoms with E-state index in [1.807, 2.05) is 6.92 Å². The number of carbonyl (C=O) groups excluding carboxylic acids is 1. The predicted molar refractivity (Wildman–Crippen MR) is 61.0 cm³/mol. The predicted octanol–water partition coefficient (Wildman–Crippen LogP) is 1.42. The van der Waals surface area contributed by atoms with Gasteiger partial charge in [0.25, 0.3) is 0 Å². The Morgan fingerprint density at radius 1 is 1.24 bits per heavy atom. The van der Waals surface area contributed by atoms with Crippen LogP contribution in [0, 0.1) is 6.92 Å². The van der Waals surface area contributed by atoms with E-state index in [1.165, 1.54) is 19.5 Å². The number of rotatable bonds is 3. The number of pyridine rings is 1. The van der Waals surface area contributed by atoms with Crippen LogP contribution in [0.3, 0.4) is 0 Å². The highest BCUT2D eigenvalue weighted by atomic mass is 16.5. The SMILES string of the molecule is COc1cccnc1C(=O)c1cnc(C)cn1. The summed E-state index contributed by atoms with van der Waals surface area (Å²) in [4.78, 5) is 24.1. The molecule has 5 heteroatoms. The van der Waals surface area contributed by atoms with Crippen molar-refractivity contribution in [1.82, 2.24) is 15.0 Å². The fourth-order valence-electron chi connectivity index (χ4n) is 1.36. The van der Waals surface area contributed by atoms with E-state index < -0.39 is 0 Å². The summed E-state index contributed by atoms with van der Waals surface area (Å²) in [5.41, 5.74) is 1.26. The zero-order valence-electron chi connectivity index (χ0n) is 9.54. The number of aromatic nitrogens is 3. The first-order valence-corrected chi connectivity index (χ1v) is 5.04. The standard InChI is InChI=1S/C12H11N3O2/c1-8-6-15-9(7-14-8)12(16)11-10(17-2)4-3-5-13-11/h3-7H,1-2H3. The molecule has 0 saturated carbocycles. The molecule has 0 aliphatic rings. The van der Waals surface area contributed by atoms with Crippen molar-refractivity contribution >= 4 is 5.78 Å². The molecule has 17 heavy (non-hydrogen) atoms. The highest BCUT2D eigenvalue weighted by molar-refractivity contribution is 6.07. The summed E-state index contributed by atoms with van der Waals surface area (Å²) in [6, 6.07) is 3.39. The lowest BCUT2D eigenvalue weighted by Gasteiger charge is -2.05. The van der Waals surface area contributed by atoms with Gasteiger partial charge in [-0.3, -0.25) is 9.78 Å². The van der Waals surface area contributed by atoms with Crippen LogP contribution in [-0.4, -0.2) is 27.8 Å². The molecule has 86 valence electrons. The summed E-state index contributed by atoms with van der Waals surface area (Å²) in [5, 5.41) is 0. The molecule has 0 amide bonds. The summed E-state index contributed by atoms with van der Waals surface area (Å²) in [6.45, 7) is 1.81. The average molecular weight is 229 g/mol. The summed E-state index contributed by atoms with van der Waals surface area (Å²) < 4.78 is 5.08. The Morgan fingerprint density at radius 3 is 2.71 bits per heavy atom. The van der Waals surface area contributed by atoms with Gasteiger partial charge in [-0.15, -0.1) is 0 Å². The number of hydrogen-bond acceptors (Lipinski definition) is 5. The molecule has 2 aromatic heterocycles. The van der Waals surface area contributed by atoms with Crippen molar-refractivity contribution < 1.29 is 9.53 Å². The van der Waals surface area contributed by atoms with Crippen LogP contribution >= 0.6 is 0 Å². The van der Waals surface area contributed by atoms with Gasteiger partial charge in [-0.05, 0) is 19.1 Å². The van der Waals surface area contributed by atoms with Crippen molar-refractivity contribution in [2.24, 2.45) is 0 Å². The molecule has 0 aliphatic carbocycles. The van der Waals surface area contributed by atoms with Crippen LogP contribution in [0.2, 0.25) is 0 Å². The van der Waals surface area contributed by atoms with E-state index in [9.17, 15) is 4.79 Å². The maximum absolute atomic E-state index is 12.1. The van der Waals surface area contributed by atoms with Crippen molar-refractivity contribution in [3.8, 4) is 5.75 Å². The van der Waals surface area contributed by atoms with Crippen LogP contribution in [0.5, 0.6) is 5.75 Å². The molecule has 0 N–H and O–H groups in total. The van der Waals surface area contributed by atoms with E-state index in [1.54, 1.807) is 18.3 Å². The quantitative estimate of drug-likeness (QED) is 0.745. The fourth-order valence-corrected chi connectivity index (χ4v) is 1.36. The van der Waals surface area contributed by atoms with E-state index >= 15 is 0 Å². The number of ether oxygens (including phenoxy) is 1. The molecule has 0 bridgehead atoms. The van der Waals surface area contributed by atoms with E-state index in [-0.39, 0.29) is 17.2 Å². The summed E-state index contributed by atoms with van der Waals surface area (Å²) >= 11 is 0. The third kappa shape index (κ3) is 2.28. The number of ketones is 1. The monoisotopic (exact) mass is 229 g/mol. The van der Waals surface area contributed by atoms with Gasteiger partial charge in [0.2, 0.25) is 5.78 Å². The minimum absolute atomic E-state index is 0.244. The van der Waals surface area contributed by atoms with Gasteiger partial charge in [0.1, 0.15) is 11.4 Å². The van der Waals surface area contributed by atoms with Crippen molar-refractivity contribution in [3.63, 3.8) is 0 Å². The zero-order chi connectivity index (χ0) is 12.3. The normalized spacial score (nSPS) is 10.0. The number of aryl methyl sites for hydroxylation is 1. The molecule has 0 radical (unpaired) electrons. The van der Waals surface area contributed by atoms with E-state index in [0.717, 1.165) is 5.69 Å². The molecular weight excluding hydrogens is 218 g/mol. The Labute approximate surface area is 98.5 Å². The van der Waals surface area contributed by atoms with E-state index in [4.69, 9.17) is 4.74 Å². The molecule has 0 unspecified atom stereocenters.